The SMILES string of the molecule is Cc1cccc(C(C)C)c1NC(=O)c1cc2c(s1)CCCCC2. The molecule has 0 radical (unpaired) electrons. The Bertz CT molecular complexity index is 691. The van der Waals surface area contributed by atoms with Crippen molar-refractivity contribution in [3.8, 4) is 0 Å². The highest BCUT2D eigenvalue weighted by Gasteiger charge is 2.18. The predicted molar refractivity (Wildman–Crippen MR) is 98.8 cm³/mol. The van der Waals surface area contributed by atoms with Crippen LogP contribution in [0.25, 0.3) is 0 Å². The highest BCUT2D eigenvalue weighted by Crippen LogP contribution is 2.31. The summed E-state index contributed by atoms with van der Waals surface area (Å²) in [5.41, 5.74) is 4.71. The van der Waals surface area contributed by atoms with Gasteiger partial charge >= 0.3 is 0 Å². The van der Waals surface area contributed by atoms with Crippen LogP contribution in [-0.2, 0) is 12.8 Å². The molecule has 0 spiro atoms. The summed E-state index contributed by atoms with van der Waals surface area (Å²) in [5.74, 6) is 0.435. The molecule has 0 saturated heterocycles. The van der Waals surface area contributed by atoms with Crippen LogP contribution in [0.2, 0.25) is 0 Å². The fourth-order valence-corrected chi connectivity index (χ4v) is 4.45. The molecule has 0 saturated carbocycles. The van der Waals surface area contributed by atoms with Crippen LogP contribution in [0.5, 0.6) is 0 Å². The molecule has 23 heavy (non-hydrogen) atoms. The topological polar surface area (TPSA) is 29.1 Å². The van der Waals surface area contributed by atoms with Crippen molar-refractivity contribution >= 4 is 22.9 Å². The van der Waals surface area contributed by atoms with Gasteiger partial charge in [0.15, 0.2) is 0 Å². The van der Waals surface area contributed by atoms with E-state index in [1.54, 1.807) is 11.3 Å². The molecule has 1 N–H and O–H groups in total. The fraction of sp³-hybridized carbons (Fsp3) is 0.450. The number of para-hydroxylation sites is 1. The van der Waals surface area contributed by atoms with Crippen molar-refractivity contribution in [1.82, 2.24) is 0 Å². The van der Waals surface area contributed by atoms with E-state index in [1.165, 1.54) is 35.3 Å². The van der Waals surface area contributed by atoms with Gasteiger partial charge < -0.3 is 5.32 Å². The largest absolute Gasteiger partial charge is 0.321 e. The van der Waals surface area contributed by atoms with Gasteiger partial charge in [-0.1, -0.05) is 38.5 Å². The van der Waals surface area contributed by atoms with Gasteiger partial charge in [0.1, 0.15) is 0 Å². The number of fused-ring (bicyclic) bond motifs is 1. The van der Waals surface area contributed by atoms with Crippen molar-refractivity contribution < 1.29 is 4.79 Å². The van der Waals surface area contributed by atoms with Crippen LogP contribution in [0, 0.1) is 6.92 Å². The Morgan fingerprint density at radius 2 is 1.96 bits per heavy atom. The minimum Gasteiger partial charge on any atom is -0.321 e. The van der Waals surface area contributed by atoms with Gasteiger partial charge in [0, 0.05) is 10.6 Å². The second-order valence-corrected chi connectivity index (χ2v) is 7.90. The summed E-state index contributed by atoms with van der Waals surface area (Å²) >= 11 is 1.68. The first-order chi connectivity index (χ1) is 11.1. The average Bonchev–Trinajstić information content (AvgIpc) is 2.80. The predicted octanol–water partition coefficient (Wildman–Crippen LogP) is 5.70. The zero-order chi connectivity index (χ0) is 16.4. The van der Waals surface area contributed by atoms with Gasteiger partial charge in [-0.15, -0.1) is 11.3 Å². The summed E-state index contributed by atoms with van der Waals surface area (Å²) in [6, 6.07) is 8.35. The number of amides is 1. The van der Waals surface area contributed by atoms with Gasteiger partial charge in [-0.25, -0.2) is 0 Å². The lowest BCUT2D eigenvalue weighted by molar-refractivity contribution is 0.103. The second kappa shape index (κ2) is 6.88. The van der Waals surface area contributed by atoms with Gasteiger partial charge in [0.2, 0.25) is 0 Å². The second-order valence-electron chi connectivity index (χ2n) is 6.77. The first-order valence-corrected chi connectivity index (χ1v) is 9.40. The average molecular weight is 327 g/mol. The van der Waals surface area contributed by atoms with E-state index in [-0.39, 0.29) is 5.91 Å². The number of rotatable bonds is 3. The lowest BCUT2D eigenvalue weighted by atomic mass is 9.98. The van der Waals surface area contributed by atoms with Crippen molar-refractivity contribution in [1.29, 1.82) is 0 Å². The van der Waals surface area contributed by atoms with E-state index in [4.69, 9.17) is 0 Å². The van der Waals surface area contributed by atoms with Crippen LogP contribution < -0.4 is 5.32 Å². The molecule has 122 valence electrons. The molecule has 1 aliphatic rings. The minimum absolute atomic E-state index is 0.0410. The number of carbonyl (C=O) groups is 1. The van der Waals surface area contributed by atoms with E-state index in [0.717, 1.165) is 29.0 Å². The van der Waals surface area contributed by atoms with E-state index >= 15 is 0 Å². The molecule has 3 rings (SSSR count). The highest BCUT2D eigenvalue weighted by molar-refractivity contribution is 7.14. The molecule has 0 unspecified atom stereocenters. The van der Waals surface area contributed by atoms with E-state index in [2.05, 4.69) is 50.4 Å². The van der Waals surface area contributed by atoms with Crippen molar-refractivity contribution in [2.24, 2.45) is 0 Å². The summed E-state index contributed by atoms with van der Waals surface area (Å²) in [4.78, 5) is 15.0. The fourth-order valence-electron chi connectivity index (χ4n) is 3.30. The number of anilines is 1. The maximum Gasteiger partial charge on any atom is 0.265 e. The Balaban J connectivity index is 1.85. The van der Waals surface area contributed by atoms with E-state index in [9.17, 15) is 4.79 Å². The number of hydrogen-bond acceptors (Lipinski definition) is 2. The molecule has 1 aliphatic carbocycles. The van der Waals surface area contributed by atoms with Crippen LogP contribution in [0.1, 0.15) is 70.3 Å². The molecule has 1 amide bonds. The zero-order valence-electron chi connectivity index (χ0n) is 14.2. The smallest absolute Gasteiger partial charge is 0.265 e. The molecular formula is C20H25NOS. The molecule has 1 aromatic carbocycles. The third kappa shape index (κ3) is 3.50. The Hall–Kier alpha value is -1.61. The van der Waals surface area contributed by atoms with Gasteiger partial charge in [-0.05, 0) is 61.3 Å². The zero-order valence-corrected chi connectivity index (χ0v) is 15.1. The summed E-state index contributed by atoms with van der Waals surface area (Å²) in [6.45, 7) is 6.39. The third-order valence-corrected chi connectivity index (χ3v) is 5.87. The summed E-state index contributed by atoms with van der Waals surface area (Å²) in [7, 11) is 0. The van der Waals surface area contributed by atoms with Crippen LogP contribution in [0.3, 0.4) is 0 Å². The normalized spacial score (nSPS) is 14.4. The maximum absolute atomic E-state index is 12.7. The number of hydrogen-bond donors (Lipinski definition) is 1. The summed E-state index contributed by atoms with van der Waals surface area (Å²) < 4.78 is 0. The number of aryl methyl sites for hydroxylation is 3. The number of thiophene rings is 1. The Morgan fingerprint density at radius 3 is 2.74 bits per heavy atom. The van der Waals surface area contributed by atoms with Crippen LogP contribution >= 0.6 is 11.3 Å². The lowest BCUT2D eigenvalue weighted by Crippen LogP contribution is -2.13. The van der Waals surface area contributed by atoms with Crippen LogP contribution in [0.4, 0.5) is 5.69 Å². The molecule has 3 heteroatoms. The quantitative estimate of drug-likeness (QED) is 0.720. The number of benzene rings is 1. The standard InChI is InChI=1S/C20H25NOS/c1-13(2)16-10-7-8-14(3)19(16)21-20(22)18-12-15-9-5-4-6-11-17(15)23-18/h7-8,10,12-13H,4-6,9,11H2,1-3H3,(H,21,22). The van der Waals surface area contributed by atoms with Crippen LogP contribution in [-0.4, -0.2) is 5.91 Å². The van der Waals surface area contributed by atoms with Crippen molar-refractivity contribution in [3.05, 3.63) is 50.7 Å². The van der Waals surface area contributed by atoms with Crippen molar-refractivity contribution in [2.75, 3.05) is 5.32 Å². The molecule has 2 nitrogen and oxygen atoms in total. The first kappa shape index (κ1) is 16.3. The minimum atomic E-state index is 0.0410. The van der Waals surface area contributed by atoms with Gasteiger partial charge in [-0.3, -0.25) is 4.79 Å². The molecule has 0 aliphatic heterocycles. The maximum atomic E-state index is 12.7. The number of carbonyl (C=O) groups excluding carboxylic acids is 1. The van der Waals surface area contributed by atoms with Crippen LogP contribution in [0.15, 0.2) is 24.3 Å². The van der Waals surface area contributed by atoms with E-state index < -0.39 is 0 Å². The van der Waals surface area contributed by atoms with Crippen molar-refractivity contribution in [3.63, 3.8) is 0 Å². The van der Waals surface area contributed by atoms with Crippen molar-refractivity contribution in [2.45, 2.75) is 58.8 Å². The lowest BCUT2D eigenvalue weighted by Gasteiger charge is -2.16. The third-order valence-electron chi connectivity index (χ3n) is 4.64. The highest BCUT2D eigenvalue weighted by atomic mass is 32.1. The molecule has 2 aromatic rings. The molecule has 0 atom stereocenters. The first-order valence-electron chi connectivity index (χ1n) is 8.58. The van der Waals surface area contributed by atoms with Gasteiger partial charge in [0.25, 0.3) is 5.91 Å². The van der Waals surface area contributed by atoms with Gasteiger partial charge in [0.05, 0.1) is 4.88 Å². The number of nitrogens with one attached hydrogen (secondary N) is 1. The van der Waals surface area contributed by atoms with Gasteiger partial charge in [-0.2, -0.15) is 0 Å². The molecular weight excluding hydrogens is 302 g/mol. The monoisotopic (exact) mass is 327 g/mol. The molecule has 0 bridgehead atoms. The molecule has 1 heterocycles. The molecule has 1 aromatic heterocycles. The Kier molecular flexibility index (Phi) is 4.86. The summed E-state index contributed by atoms with van der Waals surface area (Å²) in [5, 5.41) is 3.17. The van der Waals surface area contributed by atoms with E-state index in [1.807, 2.05) is 0 Å². The Morgan fingerprint density at radius 1 is 1.17 bits per heavy atom. The Labute approximate surface area is 142 Å². The molecule has 0 fully saturated rings. The van der Waals surface area contributed by atoms with E-state index in [0.29, 0.717) is 5.92 Å². The summed E-state index contributed by atoms with van der Waals surface area (Å²) in [6.07, 6.45) is 6.07.